The quantitative estimate of drug-likeness (QED) is 0.653. The second-order valence-electron chi connectivity index (χ2n) is 3.98. The van der Waals surface area contributed by atoms with E-state index in [2.05, 4.69) is 10.6 Å². The molecule has 1 aliphatic rings. The Labute approximate surface area is 73.9 Å². The highest BCUT2D eigenvalue weighted by molar-refractivity contribution is 5.85. The summed E-state index contributed by atoms with van der Waals surface area (Å²) in [6, 6.07) is 0.435. The van der Waals surface area contributed by atoms with Crippen LogP contribution in [0.2, 0.25) is 0 Å². The monoisotopic (exact) mass is 170 g/mol. The Hall–Kier alpha value is -0.570. The fraction of sp³-hybridized carbons (Fsp3) is 0.889. The van der Waals surface area contributed by atoms with Crippen molar-refractivity contribution in [2.24, 2.45) is 0 Å². The van der Waals surface area contributed by atoms with E-state index >= 15 is 0 Å². The molecule has 0 radical (unpaired) electrons. The van der Waals surface area contributed by atoms with Crippen molar-refractivity contribution in [1.29, 1.82) is 0 Å². The van der Waals surface area contributed by atoms with Crippen molar-refractivity contribution in [1.82, 2.24) is 10.6 Å². The lowest BCUT2D eigenvalue weighted by Gasteiger charge is -2.31. The summed E-state index contributed by atoms with van der Waals surface area (Å²) in [4.78, 5) is 11.5. The van der Waals surface area contributed by atoms with Gasteiger partial charge in [-0.05, 0) is 40.2 Å². The Bertz CT molecular complexity index is 173. The molecule has 0 aliphatic heterocycles. The molecule has 2 N–H and O–H groups in total. The number of nitrogens with one attached hydrogen (secondary N) is 2. The molecule has 0 aromatic carbocycles. The van der Waals surface area contributed by atoms with Gasteiger partial charge in [-0.15, -0.1) is 0 Å². The van der Waals surface area contributed by atoms with Crippen molar-refractivity contribution in [3.8, 4) is 0 Å². The highest BCUT2D eigenvalue weighted by atomic mass is 16.2. The van der Waals surface area contributed by atoms with E-state index in [-0.39, 0.29) is 5.91 Å². The standard InChI is InChI=1S/C9H18N2O/c1-9(2,10-3)8(12)11-7-5-4-6-7/h7,10H,4-6H2,1-3H3,(H,11,12). The summed E-state index contributed by atoms with van der Waals surface area (Å²) in [5, 5.41) is 5.99. The van der Waals surface area contributed by atoms with Crippen LogP contribution < -0.4 is 10.6 Å². The summed E-state index contributed by atoms with van der Waals surface area (Å²) in [5.74, 6) is 0.106. The Morgan fingerprint density at radius 1 is 1.42 bits per heavy atom. The second-order valence-corrected chi connectivity index (χ2v) is 3.98. The lowest BCUT2D eigenvalue weighted by Crippen LogP contribution is -2.54. The summed E-state index contributed by atoms with van der Waals surface area (Å²) >= 11 is 0. The van der Waals surface area contributed by atoms with Crippen LogP contribution in [0.1, 0.15) is 33.1 Å². The molecule has 12 heavy (non-hydrogen) atoms. The first-order chi connectivity index (χ1) is 5.56. The zero-order valence-electron chi connectivity index (χ0n) is 8.11. The number of hydrogen-bond acceptors (Lipinski definition) is 2. The number of hydrogen-bond donors (Lipinski definition) is 2. The first-order valence-corrected chi connectivity index (χ1v) is 4.56. The normalized spacial score (nSPS) is 18.6. The smallest absolute Gasteiger partial charge is 0.239 e. The van der Waals surface area contributed by atoms with E-state index in [9.17, 15) is 4.79 Å². The molecule has 1 saturated carbocycles. The van der Waals surface area contributed by atoms with Gasteiger partial charge >= 0.3 is 0 Å². The molecule has 0 bridgehead atoms. The van der Waals surface area contributed by atoms with Crippen molar-refractivity contribution in [3.63, 3.8) is 0 Å². The molecule has 0 heterocycles. The van der Waals surface area contributed by atoms with Crippen molar-refractivity contribution < 1.29 is 4.79 Å². The number of carbonyl (C=O) groups excluding carboxylic acids is 1. The van der Waals surface area contributed by atoms with E-state index in [1.54, 1.807) is 7.05 Å². The minimum atomic E-state index is -0.435. The molecule has 0 spiro atoms. The van der Waals surface area contributed by atoms with Gasteiger partial charge in [-0.3, -0.25) is 4.79 Å². The van der Waals surface area contributed by atoms with E-state index in [0.29, 0.717) is 6.04 Å². The Balaban J connectivity index is 2.35. The first-order valence-electron chi connectivity index (χ1n) is 4.56. The molecule has 3 nitrogen and oxygen atoms in total. The van der Waals surface area contributed by atoms with Gasteiger partial charge in [0.2, 0.25) is 5.91 Å². The van der Waals surface area contributed by atoms with E-state index in [0.717, 1.165) is 12.8 Å². The van der Waals surface area contributed by atoms with Crippen LogP contribution in [0.4, 0.5) is 0 Å². The predicted molar refractivity (Wildman–Crippen MR) is 48.9 cm³/mol. The van der Waals surface area contributed by atoms with Crippen LogP contribution in [0.25, 0.3) is 0 Å². The third-order valence-corrected chi connectivity index (χ3v) is 2.63. The molecule has 3 heteroatoms. The molecule has 0 atom stereocenters. The number of amides is 1. The molecular formula is C9H18N2O. The Morgan fingerprint density at radius 2 is 2.00 bits per heavy atom. The lowest BCUT2D eigenvalue weighted by molar-refractivity contribution is -0.127. The predicted octanol–water partition coefficient (Wildman–Crippen LogP) is 0.653. The fourth-order valence-electron chi connectivity index (χ4n) is 1.03. The minimum absolute atomic E-state index is 0.106. The summed E-state index contributed by atoms with van der Waals surface area (Å²) in [7, 11) is 1.81. The average molecular weight is 170 g/mol. The van der Waals surface area contributed by atoms with Crippen molar-refractivity contribution in [3.05, 3.63) is 0 Å². The van der Waals surface area contributed by atoms with Crippen LogP contribution in [0.15, 0.2) is 0 Å². The van der Waals surface area contributed by atoms with Gasteiger partial charge in [0.05, 0.1) is 5.54 Å². The summed E-state index contributed by atoms with van der Waals surface area (Å²) in [6.45, 7) is 3.78. The van der Waals surface area contributed by atoms with Crippen LogP contribution in [0.3, 0.4) is 0 Å². The fourth-order valence-corrected chi connectivity index (χ4v) is 1.03. The molecular weight excluding hydrogens is 152 g/mol. The van der Waals surface area contributed by atoms with Gasteiger partial charge < -0.3 is 10.6 Å². The molecule has 1 fully saturated rings. The minimum Gasteiger partial charge on any atom is -0.352 e. The zero-order valence-corrected chi connectivity index (χ0v) is 8.11. The first kappa shape index (κ1) is 9.52. The van der Waals surface area contributed by atoms with Gasteiger partial charge in [-0.2, -0.15) is 0 Å². The van der Waals surface area contributed by atoms with Crippen molar-refractivity contribution in [2.45, 2.75) is 44.7 Å². The highest BCUT2D eigenvalue weighted by Crippen LogP contribution is 2.18. The SMILES string of the molecule is CNC(C)(C)C(=O)NC1CCC1. The van der Waals surface area contributed by atoms with Crippen LogP contribution in [-0.2, 0) is 4.79 Å². The van der Waals surface area contributed by atoms with Crippen LogP contribution in [0, 0.1) is 0 Å². The van der Waals surface area contributed by atoms with Crippen molar-refractivity contribution in [2.75, 3.05) is 7.05 Å². The molecule has 1 rings (SSSR count). The average Bonchev–Trinajstić information content (AvgIpc) is 1.96. The van der Waals surface area contributed by atoms with Gasteiger partial charge in [-0.1, -0.05) is 0 Å². The highest BCUT2D eigenvalue weighted by Gasteiger charge is 2.28. The van der Waals surface area contributed by atoms with E-state index in [1.807, 2.05) is 13.8 Å². The molecule has 0 aromatic heterocycles. The van der Waals surface area contributed by atoms with Gasteiger partial charge in [0.15, 0.2) is 0 Å². The molecule has 1 amide bonds. The van der Waals surface area contributed by atoms with Gasteiger partial charge in [0.25, 0.3) is 0 Å². The topological polar surface area (TPSA) is 41.1 Å². The van der Waals surface area contributed by atoms with E-state index in [4.69, 9.17) is 0 Å². The summed E-state index contributed by atoms with van der Waals surface area (Å²) < 4.78 is 0. The maximum Gasteiger partial charge on any atom is 0.239 e. The van der Waals surface area contributed by atoms with E-state index in [1.165, 1.54) is 6.42 Å². The lowest BCUT2D eigenvalue weighted by atomic mass is 9.92. The van der Waals surface area contributed by atoms with Crippen molar-refractivity contribution >= 4 is 5.91 Å². The summed E-state index contributed by atoms with van der Waals surface area (Å²) in [5.41, 5.74) is -0.435. The van der Waals surface area contributed by atoms with Gasteiger partial charge in [0, 0.05) is 6.04 Å². The molecule has 0 saturated heterocycles. The molecule has 1 aliphatic carbocycles. The van der Waals surface area contributed by atoms with E-state index < -0.39 is 5.54 Å². The Kier molecular flexibility index (Phi) is 2.73. The number of carbonyl (C=O) groups is 1. The van der Waals surface area contributed by atoms with Gasteiger partial charge in [-0.25, -0.2) is 0 Å². The largest absolute Gasteiger partial charge is 0.352 e. The van der Waals surface area contributed by atoms with Crippen LogP contribution in [0.5, 0.6) is 0 Å². The third-order valence-electron chi connectivity index (χ3n) is 2.63. The molecule has 0 aromatic rings. The second kappa shape index (κ2) is 3.44. The van der Waals surface area contributed by atoms with Crippen LogP contribution in [-0.4, -0.2) is 24.5 Å². The summed E-state index contributed by atoms with van der Waals surface area (Å²) in [6.07, 6.45) is 3.54. The number of rotatable bonds is 3. The third kappa shape index (κ3) is 1.97. The van der Waals surface area contributed by atoms with Crippen LogP contribution >= 0.6 is 0 Å². The number of likely N-dealkylation sites (N-methyl/N-ethyl adjacent to an activating group) is 1. The molecule has 70 valence electrons. The molecule has 0 unspecified atom stereocenters. The Morgan fingerprint density at radius 3 is 2.33 bits per heavy atom. The maximum absolute atomic E-state index is 11.5. The maximum atomic E-state index is 11.5. The van der Waals surface area contributed by atoms with Gasteiger partial charge in [0.1, 0.15) is 0 Å². The zero-order chi connectivity index (χ0) is 9.19.